The maximum atomic E-state index is 14.8. The van der Waals surface area contributed by atoms with Crippen molar-refractivity contribution in [3.63, 3.8) is 0 Å². The van der Waals surface area contributed by atoms with Crippen LogP contribution in [-0.4, -0.2) is 54.5 Å². The molecule has 2 aromatic carbocycles. The number of nitrogens with one attached hydrogen (secondary N) is 3. The first-order chi connectivity index (χ1) is 17.4. The van der Waals surface area contributed by atoms with E-state index >= 15 is 0 Å². The van der Waals surface area contributed by atoms with E-state index in [0.717, 1.165) is 31.7 Å². The fraction of sp³-hybridized carbons (Fsp3) is 0.269. The Kier molecular flexibility index (Phi) is 10.0. The van der Waals surface area contributed by atoms with E-state index in [4.69, 9.17) is 11.6 Å². The molecule has 0 unspecified atom stereocenters. The number of allylic oxidation sites excluding steroid dienone is 1. The molecule has 4 rings (SSSR count). The van der Waals surface area contributed by atoms with Gasteiger partial charge in [-0.3, -0.25) is 4.79 Å². The first-order valence-electron chi connectivity index (χ1n) is 11.6. The lowest BCUT2D eigenvalue weighted by atomic mass is 10.2. The second kappa shape index (κ2) is 13.4. The number of piperazine rings is 1. The Morgan fingerprint density at radius 3 is 2.58 bits per heavy atom. The van der Waals surface area contributed by atoms with Crippen molar-refractivity contribution in [1.29, 1.82) is 0 Å². The van der Waals surface area contributed by atoms with Crippen molar-refractivity contribution in [2.75, 3.05) is 54.1 Å². The molecule has 1 fully saturated rings. The molecule has 0 saturated carbocycles. The van der Waals surface area contributed by atoms with Crippen LogP contribution in [-0.2, 0) is 11.3 Å². The van der Waals surface area contributed by atoms with Gasteiger partial charge >= 0.3 is 0 Å². The number of carbonyl (C=O) groups excluding carboxylic acids is 1. The van der Waals surface area contributed by atoms with Gasteiger partial charge in [-0.15, -0.1) is 6.58 Å². The Morgan fingerprint density at radius 2 is 1.89 bits per heavy atom. The molecule has 1 saturated heterocycles. The molecule has 1 aliphatic rings. The molecule has 10 heteroatoms. The normalized spacial score (nSPS) is 13.3. The highest BCUT2D eigenvalue weighted by Crippen LogP contribution is 2.26. The lowest BCUT2D eigenvalue weighted by molar-refractivity contribution is -0.105. The standard InChI is InChI=1S/C23H25ClFN7O.C3H6/c1-31-7-9-32(10-8-31)21-6-5-18(12-20(21)25)29-23-27-14-19(24)22(30-23)26-13-16-3-2-4-17(11-16)28-15-33;1-3-2/h2-6,11-12,14-15H,7-10,13H2,1H3,(H,28,33)(H2,26,27,29,30);3H,1H2,2H3. The van der Waals surface area contributed by atoms with E-state index in [1.165, 1.54) is 12.3 Å². The number of aromatic nitrogens is 2. The molecule has 190 valence electrons. The van der Waals surface area contributed by atoms with Gasteiger partial charge in [-0.2, -0.15) is 4.98 Å². The number of amides is 1. The summed E-state index contributed by atoms with van der Waals surface area (Å²) in [7, 11) is 2.07. The molecule has 2 heterocycles. The van der Waals surface area contributed by atoms with Crippen molar-refractivity contribution >= 4 is 46.8 Å². The van der Waals surface area contributed by atoms with Gasteiger partial charge in [0.15, 0.2) is 5.82 Å². The van der Waals surface area contributed by atoms with Gasteiger partial charge < -0.3 is 25.8 Å². The van der Waals surface area contributed by atoms with Gasteiger partial charge in [0.1, 0.15) is 10.8 Å². The Balaban J connectivity index is 0.00000115. The zero-order valence-electron chi connectivity index (χ0n) is 20.5. The van der Waals surface area contributed by atoms with E-state index in [9.17, 15) is 9.18 Å². The summed E-state index contributed by atoms with van der Waals surface area (Å²) in [5.41, 5.74) is 2.78. The smallest absolute Gasteiger partial charge is 0.229 e. The fourth-order valence-corrected chi connectivity index (χ4v) is 3.75. The maximum Gasteiger partial charge on any atom is 0.229 e. The van der Waals surface area contributed by atoms with E-state index in [0.29, 0.717) is 46.8 Å². The summed E-state index contributed by atoms with van der Waals surface area (Å²) in [5.74, 6) is 0.447. The SMILES string of the molecule is C=CC.CN1CCN(c2ccc(Nc3ncc(Cl)c(NCc4cccc(NC=O)c4)n3)cc2F)CC1. The highest BCUT2D eigenvalue weighted by Gasteiger charge is 2.17. The van der Waals surface area contributed by atoms with Gasteiger partial charge in [-0.05, 0) is 49.9 Å². The van der Waals surface area contributed by atoms with E-state index in [1.54, 1.807) is 18.2 Å². The van der Waals surface area contributed by atoms with Crippen molar-refractivity contribution < 1.29 is 9.18 Å². The summed E-state index contributed by atoms with van der Waals surface area (Å²) in [6, 6.07) is 12.4. The number of halogens is 2. The molecule has 1 amide bonds. The third-order valence-electron chi connectivity index (χ3n) is 5.40. The maximum absolute atomic E-state index is 14.8. The number of hydrogen-bond donors (Lipinski definition) is 3. The second-order valence-corrected chi connectivity index (χ2v) is 8.60. The zero-order valence-corrected chi connectivity index (χ0v) is 21.2. The van der Waals surface area contributed by atoms with Crippen LogP contribution < -0.4 is 20.9 Å². The number of benzene rings is 2. The lowest BCUT2D eigenvalue weighted by Crippen LogP contribution is -2.44. The van der Waals surface area contributed by atoms with Gasteiger partial charge in [0.05, 0.1) is 11.9 Å². The van der Waals surface area contributed by atoms with Crippen LogP contribution >= 0.6 is 11.6 Å². The third-order valence-corrected chi connectivity index (χ3v) is 5.68. The molecular weight excluding hydrogens is 481 g/mol. The number of hydrogen-bond acceptors (Lipinski definition) is 7. The number of anilines is 5. The number of rotatable bonds is 8. The van der Waals surface area contributed by atoms with Crippen molar-refractivity contribution in [2.24, 2.45) is 0 Å². The van der Waals surface area contributed by atoms with E-state index in [2.05, 4.69) is 49.3 Å². The third kappa shape index (κ3) is 7.66. The predicted molar refractivity (Wildman–Crippen MR) is 146 cm³/mol. The minimum Gasteiger partial charge on any atom is -0.367 e. The summed E-state index contributed by atoms with van der Waals surface area (Å²) >= 11 is 6.25. The van der Waals surface area contributed by atoms with Crippen LogP contribution in [0.5, 0.6) is 0 Å². The Morgan fingerprint density at radius 1 is 1.14 bits per heavy atom. The molecular formula is C26H31ClFN7O. The monoisotopic (exact) mass is 511 g/mol. The average Bonchev–Trinajstić information content (AvgIpc) is 2.86. The second-order valence-electron chi connectivity index (χ2n) is 8.20. The first-order valence-corrected chi connectivity index (χ1v) is 11.9. The summed E-state index contributed by atoms with van der Waals surface area (Å²) in [5, 5.41) is 9.18. The molecule has 1 aromatic heterocycles. The molecule has 0 radical (unpaired) electrons. The zero-order chi connectivity index (χ0) is 25.9. The number of nitrogens with zero attached hydrogens (tertiary/aromatic N) is 4. The Labute approximate surface area is 216 Å². The van der Waals surface area contributed by atoms with Gasteiger partial charge in [-0.1, -0.05) is 29.8 Å². The van der Waals surface area contributed by atoms with Crippen molar-refractivity contribution in [1.82, 2.24) is 14.9 Å². The summed E-state index contributed by atoms with van der Waals surface area (Å²) in [6.07, 6.45) is 3.87. The van der Waals surface area contributed by atoms with Crippen LogP contribution in [0.15, 0.2) is 61.3 Å². The van der Waals surface area contributed by atoms with Crippen molar-refractivity contribution in [3.05, 3.63) is 77.7 Å². The molecule has 0 atom stereocenters. The molecule has 36 heavy (non-hydrogen) atoms. The number of carbonyl (C=O) groups is 1. The topological polar surface area (TPSA) is 85.4 Å². The van der Waals surface area contributed by atoms with Gasteiger partial charge in [0.25, 0.3) is 0 Å². The lowest BCUT2D eigenvalue weighted by Gasteiger charge is -2.34. The van der Waals surface area contributed by atoms with Crippen LogP contribution in [0.1, 0.15) is 12.5 Å². The number of likely N-dealkylation sites (N-methyl/N-ethyl adjacent to an activating group) is 1. The highest BCUT2D eigenvalue weighted by molar-refractivity contribution is 6.32. The molecule has 0 aliphatic carbocycles. The van der Waals surface area contributed by atoms with Gasteiger partial charge in [0, 0.05) is 44.1 Å². The Hall–Kier alpha value is -3.69. The van der Waals surface area contributed by atoms with Crippen LogP contribution in [0.3, 0.4) is 0 Å². The summed E-state index contributed by atoms with van der Waals surface area (Å²) < 4.78 is 14.8. The van der Waals surface area contributed by atoms with Crippen molar-refractivity contribution in [2.45, 2.75) is 13.5 Å². The average molecular weight is 512 g/mol. The summed E-state index contributed by atoms with van der Waals surface area (Å²) in [4.78, 5) is 23.5. The molecule has 0 bridgehead atoms. The largest absolute Gasteiger partial charge is 0.367 e. The molecule has 1 aliphatic heterocycles. The predicted octanol–water partition coefficient (Wildman–Crippen LogP) is 5.14. The van der Waals surface area contributed by atoms with Crippen LogP contribution in [0.2, 0.25) is 5.02 Å². The first kappa shape index (κ1) is 26.9. The molecule has 3 aromatic rings. The minimum absolute atomic E-state index is 0.291. The minimum atomic E-state index is -0.291. The van der Waals surface area contributed by atoms with Gasteiger partial charge in [0.2, 0.25) is 12.4 Å². The van der Waals surface area contributed by atoms with E-state index in [-0.39, 0.29) is 5.82 Å². The quantitative estimate of drug-likeness (QED) is 0.285. The van der Waals surface area contributed by atoms with Crippen LogP contribution in [0.25, 0.3) is 0 Å². The fourth-order valence-electron chi connectivity index (χ4n) is 3.59. The molecule has 0 spiro atoms. The molecule has 8 nitrogen and oxygen atoms in total. The molecule has 3 N–H and O–H groups in total. The Bertz CT molecular complexity index is 1170. The van der Waals surface area contributed by atoms with E-state index in [1.807, 2.05) is 31.2 Å². The van der Waals surface area contributed by atoms with Gasteiger partial charge in [-0.25, -0.2) is 9.37 Å². The van der Waals surface area contributed by atoms with Crippen molar-refractivity contribution in [3.8, 4) is 0 Å². The highest BCUT2D eigenvalue weighted by atomic mass is 35.5. The summed E-state index contributed by atoms with van der Waals surface area (Å²) in [6.45, 7) is 9.10. The van der Waals surface area contributed by atoms with Crippen LogP contribution in [0.4, 0.5) is 33.2 Å². The van der Waals surface area contributed by atoms with Crippen LogP contribution in [0, 0.1) is 5.82 Å². The van der Waals surface area contributed by atoms with E-state index < -0.39 is 0 Å².